The first-order valence-corrected chi connectivity index (χ1v) is 9.24. The summed E-state index contributed by atoms with van der Waals surface area (Å²) in [5.41, 5.74) is 1.29. The number of rotatable bonds is 4. The van der Waals surface area contributed by atoms with E-state index in [1.165, 1.54) is 5.56 Å². The van der Waals surface area contributed by atoms with E-state index in [9.17, 15) is 14.4 Å². The molecule has 0 saturated carbocycles. The van der Waals surface area contributed by atoms with E-state index < -0.39 is 6.03 Å². The number of urea groups is 1. The van der Waals surface area contributed by atoms with E-state index in [1.54, 1.807) is 0 Å². The highest BCUT2D eigenvalue weighted by Gasteiger charge is 2.38. The summed E-state index contributed by atoms with van der Waals surface area (Å²) in [6.07, 6.45) is 2.22. The van der Waals surface area contributed by atoms with Crippen molar-refractivity contribution in [3.05, 3.63) is 35.9 Å². The molecule has 26 heavy (non-hydrogen) atoms. The van der Waals surface area contributed by atoms with Gasteiger partial charge in [0.1, 0.15) is 6.54 Å². The Morgan fingerprint density at radius 3 is 2.62 bits per heavy atom. The Kier molecular flexibility index (Phi) is 4.63. The number of carbonyl (C=O) groups is 3. The SMILES string of the molecule is O=C(CN1C(=O)CNC1=O)N1C[C@@H]2CC[C@H](C1)N(Cc1ccccc1)C2. The quantitative estimate of drug-likeness (QED) is 0.805. The second-order valence-electron chi connectivity index (χ2n) is 7.45. The van der Waals surface area contributed by atoms with E-state index in [4.69, 9.17) is 0 Å². The lowest BCUT2D eigenvalue weighted by molar-refractivity contribution is -0.136. The van der Waals surface area contributed by atoms with Crippen LogP contribution in [0.25, 0.3) is 0 Å². The smallest absolute Gasteiger partial charge is 0.325 e. The number of hydrogen-bond donors (Lipinski definition) is 1. The summed E-state index contributed by atoms with van der Waals surface area (Å²) in [6.45, 7) is 3.12. The maximum absolute atomic E-state index is 12.7. The van der Waals surface area contributed by atoms with Crippen LogP contribution in [0.1, 0.15) is 18.4 Å². The van der Waals surface area contributed by atoms with Crippen LogP contribution in [-0.2, 0) is 16.1 Å². The molecule has 4 fully saturated rings. The van der Waals surface area contributed by atoms with E-state index in [2.05, 4.69) is 34.5 Å². The van der Waals surface area contributed by atoms with Gasteiger partial charge >= 0.3 is 6.03 Å². The van der Waals surface area contributed by atoms with Crippen molar-refractivity contribution in [1.29, 1.82) is 0 Å². The molecular formula is C19H24N4O3. The number of fused-ring (bicyclic) bond motifs is 4. The Labute approximate surface area is 152 Å². The van der Waals surface area contributed by atoms with Crippen LogP contribution in [0.3, 0.4) is 0 Å². The topological polar surface area (TPSA) is 73.0 Å². The highest BCUT2D eigenvalue weighted by atomic mass is 16.2. The molecule has 0 unspecified atom stereocenters. The van der Waals surface area contributed by atoms with Crippen LogP contribution in [0.15, 0.2) is 30.3 Å². The van der Waals surface area contributed by atoms with Crippen molar-refractivity contribution in [3.63, 3.8) is 0 Å². The minimum Gasteiger partial charge on any atom is -0.339 e. The Morgan fingerprint density at radius 2 is 1.88 bits per heavy atom. The summed E-state index contributed by atoms with van der Waals surface area (Å²) in [4.78, 5) is 41.5. The zero-order valence-corrected chi connectivity index (χ0v) is 14.8. The standard InChI is InChI=1S/C19H24N4O3/c24-17-8-20-19(26)23(17)13-18(25)22-11-15-6-7-16(12-22)21(10-15)9-14-4-2-1-3-5-14/h1-5,15-16H,6-13H2,(H,20,26)/t15-,16-/m1/s1. The van der Waals surface area contributed by atoms with Crippen LogP contribution in [0.5, 0.6) is 0 Å². The normalized spacial score (nSPS) is 26.2. The maximum Gasteiger partial charge on any atom is 0.325 e. The summed E-state index contributed by atoms with van der Waals surface area (Å²) < 4.78 is 0. The highest BCUT2D eigenvalue weighted by molar-refractivity contribution is 6.04. The predicted octanol–water partition coefficient (Wildman–Crippen LogP) is 0.661. The summed E-state index contributed by atoms with van der Waals surface area (Å²) in [7, 11) is 0. The number of nitrogens with zero attached hydrogens (tertiary/aromatic N) is 3. The molecular weight excluding hydrogens is 332 g/mol. The van der Waals surface area contributed by atoms with Gasteiger partial charge in [0, 0.05) is 32.2 Å². The third-order valence-corrected chi connectivity index (χ3v) is 5.64. The maximum atomic E-state index is 12.7. The fourth-order valence-corrected chi connectivity index (χ4v) is 4.24. The Bertz CT molecular complexity index is 692. The predicted molar refractivity (Wildman–Crippen MR) is 95.1 cm³/mol. The monoisotopic (exact) mass is 356 g/mol. The zero-order chi connectivity index (χ0) is 18.1. The van der Waals surface area contributed by atoms with E-state index in [-0.39, 0.29) is 24.9 Å². The molecule has 2 atom stereocenters. The summed E-state index contributed by atoms with van der Waals surface area (Å²) in [5, 5.41) is 2.46. The van der Waals surface area contributed by atoms with Crippen molar-refractivity contribution in [1.82, 2.24) is 20.0 Å². The van der Waals surface area contributed by atoms with Gasteiger partial charge in [-0.1, -0.05) is 30.3 Å². The van der Waals surface area contributed by atoms with Gasteiger partial charge in [-0.25, -0.2) is 4.79 Å². The van der Waals surface area contributed by atoms with Gasteiger partial charge < -0.3 is 10.2 Å². The minimum atomic E-state index is -0.466. The molecule has 5 rings (SSSR count). The molecule has 1 aromatic carbocycles. The van der Waals surface area contributed by atoms with E-state index >= 15 is 0 Å². The highest BCUT2D eigenvalue weighted by Crippen LogP contribution is 2.29. The fourth-order valence-electron chi connectivity index (χ4n) is 4.24. The molecule has 4 amide bonds. The molecule has 0 aliphatic carbocycles. The first kappa shape index (κ1) is 17.0. The molecule has 0 radical (unpaired) electrons. The number of piperidine rings is 1. The lowest BCUT2D eigenvalue weighted by atomic mass is 9.94. The number of benzene rings is 1. The molecule has 7 heteroatoms. The van der Waals surface area contributed by atoms with Crippen LogP contribution in [0, 0.1) is 5.92 Å². The van der Waals surface area contributed by atoms with Gasteiger partial charge in [0.05, 0.1) is 6.54 Å². The number of carbonyl (C=O) groups excluding carboxylic acids is 3. The van der Waals surface area contributed by atoms with Gasteiger partial charge in [-0.3, -0.25) is 19.4 Å². The van der Waals surface area contributed by atoms with Crippen LogP contribution >= 0.6 is 0 Å². The van der Waals surface area contributed by atoms with Crippen LogP contribution in [-0.4, -0.2) is 71.3 Å². The van der Waals surface area contributed by atoms with Crippen molar-refractivity contribution in [2.24, 2.45) is 5.92 Å². The molecule has 4 saturated heterocycles. The average Bonchev–Trinajstić information content (AvgIpc) is 2.84. The van der Waals surface area contributed by atoms with Crippen LogP contribution in [0.4, 0.5) is 4.79 Å². The second-order valence-corrected chi connectivity index (χ2v) is 7.45. The first-order valence-electron chi connectivity index (χ1n) is 9.24. The first-order chi connectivity index (χ1) is 12.6. The molecule has 1 N–H and O–H groups in total. The summed E-state index contributed by atoms with van der Waals surface area (Å²) in [6, 6.07) is 10.3. The van der Waals surface area contributed by atoms with Crippen molar-refractivity contribution < 1.29 is 14.4 Å². The summed E-state index contributed by atoms with van der Waals surface area (Å²) >= 11 is 0. The van der Waals surface area contributed by atoms with Gasteiger partial charge in [0.2, 0.25) is 5.91 Å². The van der Waals surface area contributed by atoms with Crippen molar-refractivity contribution >= 4 is 17.8 Å². The van der Waals surface area contributed by atoms with Crippen LogP contribution in [0.2, 0.25) is 0 Å². The number of nitrogens with one attached hydrogen (secondary N) is 1. The number of hydrogen-bond acceptors (Lipinski definition) is 4. The molecule has 0 spiro atoms. The van der Waals surface area contributed by atoms with Gasteiger partial charge in [-0.2, -0.15) is 0 Å². The largest absolute Gasteiger partial charge is 0.339 e. The molecule has 4 heterocycles. The van der Waals surface area contributed by atoms with E-state index in [1.807, 2.05) is 11.0 Å². The molecule has 2 bridgehead atoms. The van der Waals surface area contributed by atoms with Crippen molar-refractivity contribution in [2.45, 2.75) is 25.4 Å². The zero-order valence-electron chi connectivity index (χ0n) is 14.8. The molecule has 138 valence electrons. The van der Waals surface area contributed by atoms with Gasteiger partial charge in [0.15, 0.2) is 0 Å². The lowest BCUT2D eigenvalue weighted by Gasteiger charge is -2.36. The molecule has 4 aliphatic heterocycles. The fraction of sp³-hybridized carbons (Fsp3) is 0.526. The second kappa shape index (κ2) is 7.07. The van der Waals surface area contributed by atoms with E-state index in [0.717, 1.165) is 30.8 Å². The Morgan fingerprint density at radius 1 is 1.08 bits per heavy atom. The number of amides is 4. The Hall–Kier alpha value is -2.41. The van der Waals surface area contributed by atoms with Crippen LogP contribution < -0.4 is 5.32 Å². The van der Waals surface area contributed by atoms with Crippen molar-refractivity contribution in [3.8, 4) is 0 Å². The summed E-state index contributed by atoms with van der Waals surface area (Å²) in [5.74, 6) is -0.00905. The van der Waals surface area contributed by atoms with Gasteiger partial charge in [-0.05, 0) is 24.3 Å². The van der Waals surface area contributed by atoms with Crippen molar-refractivity contribution in [2.75, 3.05) is 32.7 Å². The van der Waals surface area contributed by atoms with Gasteiger partial charge in [-0.15, -0.1) is 0 Å². The Balaban J connectivity index is 1.42. The molecule has 0 aromatic heterocycles. The third kappa shape index (κ3) is 3.44. The third-order valence-electron chi connectivity index (χ3n) is 5.64. The van der Waals surface area contributed by atoms with Gasteiger partial charge in [0.25, 0.3) is 5.91 Å². The molecule has 4 aliphatic rings. The lowest BCUT2D eigenvalue weighted by Crippen LogP contribution is -2.46. The molecule has 7 nitrogen and oxygen atoms in total. The minimum absolute atomic E-state index is 0.0117. The number of imide groups is 1. The average molecular weight is 356 g/mol. The molecule has 1 aromatic rings. The van der Waals surface area contributed by atoms with E-state index in [0.29, 0.717) is 25.0 Å².